The van der Waals surface area contributed by atoms with Crippen LogP contribution in [0.2, 0.25) is 0 Å². The Morgan fingerprint density at radius 3 is 2.50 bits per heavy atom. The lowest BCUT2D eigenvalue weighted by Gasteiger charge is -2.22. The van der Waals surface area contributed by atoms with Crippen LogP contribution >= 0.6 is 0 Å². The fourth-order valence-electron chi connectivity index (χ4n) is 3.67. The molecule has 4 heteroatoms. The lowest BCUT2D eigenvalue weighted by atomic mass is 10.1. The molecule has 0 aliphatic rings. The van der Waals surface area contributed by atoms with Crippen molar-refractivity contribution in [2.75, 3.05) is 26.2 Å². The van der Waals surface area contributed by atoms with Gasteiger partial charge < -0.3 is 19.3 Å². The predicted octanol–water partition coefficient (Wildman–Crippen LogP) is 4.84. The Balaban J connectivity index is 1.94. The van der Waals surface area contributed by atoms with Gasteiger partial charge in [0.1, 0.15) is 18.5 Å². The van der Waals surface area contributed by atoms with Crippen molar-refractivity contribution in [3.63, 3.8) is 0 Å². The lowest BCUT2D eigenvalue weighted by molar-refractivity contribution is 0.0722. The number of hydrogen-bond acceptors (Lipinski definition) is 3. The van der Waals surface area contributed by atoms with E-state index in [4.69, 9.17) is 4.74 Å². The van der Waals surface area contributed by atoms with Crippen LogP contribution in [-0.4, -0.2) is 46.9 Å². The summed E-state index contributed by atoms with van der Waals surface area (Å²) in [7, 11) is 0. The van der Waals surface area contributed by atoms with Crippen molar-refractivity contribution < 1.29 is 9.84 Å². The molecule has 0 saturated carbocycles. The minimum Gasteiger partial charge on any atom is -0.490 e. The van der Waals surface area contributed by atoms with Gasteiger partial charge in [-0.3, -0.25) is 0 Å². The van der Waals surface area contributed by atoms with Crippen molar-refractivity contribution in [2.24, 2.45) is 0 Å². The number of hydrogen-bond donors (Lipinski definition) is 1. The van der Waals surface area contributed by atoms with E-state index in [1.165, 1.54) is 16.5 Å². The molecule has 0 aliphatic heterocycles. The Labute approximate surface area is 168 Å². The number of aliphatic hydroxyl groups is 1. The van der Waals surface area contributed by atoms with E-state index in [9.17, 15) is 5.11 Å². The van der Waals surface area contributed by atoms with E-state index in [0.29, 0.717) is 13.2 Å². The summed E-state index contributed by atoms with van der Waals surface area (Å²) >= 11 is 0. The van der Waals surface area contributed by atoms with Gasteiger partial charge in [0.05, 0.1) is 5.52 Å². The quantitative estimate of drug-likeness (QED) is 0.540. The largest absolute Gasteiger partial charge is 0.490 e. The first-order chi connectivity index (χ1) is 13.5. The van der Waals surface area contributed by atoms with Crippen LogP contribution in [0, 0.1) is 0 Å². The van der Waals surface area contributed by atoms with Crippen molar-refractivity contribution in [3.05, 3.63) is 54.1 Å². The van der Waals surface area contributed by atoms with Gasteiger partial charge in [0.25, 0.3) is 0 Å². The van der Waals surface area contributed by atoms with Crippen molar-refractivity contribution in [2.45, 2.75) is 40.3 Å². The number of likely N-dealkylation sites (N-methyl/N-ethyl adjacent to an activating group) is 1. The first-order valence-corrected chi connectivity index (χ1v) is 10.2. The molecule has 1 heterocycles. The van der Waals surface area contributed by atoms with Crippen LogP contribution in [0.5, 0.6) is 5.75 Å². The van der Waals surface area contributed by atoms with Gasteiger partial charge >= 0.3 is 0 Å². The number of fused-ring (bicyclic) bond motifs is 3. The number of benzene rings is 2. The molecule has 3 aromatic rings. The maximum Gasteiger partial charge on any atom is 0.129 e. The number of ether oxygens (including phenoxy) is 1. The van der Waals surface area contributed by atoms with Crippen LogP contribution < -0.4 is 4.74 Å². The van der Waals surface area contributed by atoms with Gasteiger partial charge in [-0.05, 0) is 45.1 Å². The van der Waals surface area contributed by atoms with Crippen molar-refractivity contribution in [3.8, 4) is 5.75 Å². The number of para-hydroxylation sites is 1. The fraction of sp³-hybridized carbons (Fsp3) is 0.417. The summed E-state index contributed by atoms with van der Waals surface area (Å²) in [5, 5.41) is 12.7. The second-order valence-electron chi connectivity index (χ2n) is 7.51. The van der Waals surface area contributed by atoms with Gasteiger partial charge in [-0.25, -0.2) is 0 Å². The summed E-state index contributed by atoms with van der Waals surface area (Å²) in [4.78, 5) is 2.21. The first kappa shape index (κ1) is 20.4. The van der Waals surface area contributed by atoms with Crippen LogP contribution in [0.1, 0.15) is 27.7 Å². The van der Waals surface area contributed by atoms with Gasteiger partial charge in [-0.15, -0.1) is 0 Å². The van der Waals surface area contributed by atoms with E-state index in [1.807, 2.05) is 12.1 Å². The fourth-order valence-corrected chi connectivity index (χ4v) is 3.67. The molecular weight excluding hydrogens is 348 g/mol. The minimum atomic E-state index is -0.505. The minimum absolute atomic E-state index is 0.295. The maximum absolute atomic E-state index is 10.4. The predicted molar refractivity (Wildman–Crippen MR) is 118 cm³/mol. The van der Waals surface area contributed by atoms with Crippen molar-refractivity contribution in [1.82, 2.24) is 9.47 Å². The number of aromatic nitrogens is 1. The zero-order valence-electron chi connectivity index (χ0n) is 17.5. The lowest BCUT2D eigenvalue weighted by Crippen LogP contribution is -2.35. The Hall–Kier alpha value is -2.30. The summed E-state index contributed by atoms with van der Waals surface area (Å²) in [6, 6.07) is 14.6. The molecule has 0 bridgehead atoms. The maximum atomic E-state index is 10.4. The highest BCUT2D eigenvalue weighted by atomic mass is 16.5. The zero-order valence-corrected chi connectivity index (χ0v) is 17.5. The molecule has 2 aromatic carbocycles. The third kappa shape index (κ3) is 4.40. The molecule has 1 atom stereocenters. The van der Waals surface area contributed by atoms with Crippen LogP contribution in [0.25, 0.3) is 21.8 Å². The number of nitrogens with zero attached hydrogens (tertiary/aromatic N) is 2. The zero-order chi connectivity index (χ0) is 20.1. The molecule has 1 N–H and O–H groups in total. The molecule has 0 amide bonds. The molecule has 0 saturated heterocycles. The highest BCUT2D eigenvalue weighted by Crippen LogP contribution is 2.35. The Kier molecular flexibility index (Phi) is 6.76. The normalized spacial score (nSPS) is 12.6. The summed E-state index contributed by atoms with van der Waals surface area (Å²) < 4.78 is 8.44. The number of rotatable bonds is 9. The summed E-state index contributed by atoms with van der Waals surface area (Å²) in [6.07, 6.45) is 1.74. The van der Waals surface area contributed by atoms with E-state index in [-0.39, 0.29) is 0 Å². The molecule has 0 fully saturated rings. The first-order valence-electron chi connectivity index (χ1n) is 10.2. The van der Waals surface area contributed by atoms with E-state index < -0.39 is 6.10 Å². The monoisotopic (exact) mass is 380 g/mol. The standard InChI is InChI=1S/C24H32N2O2/c1-5-25(6-2)16-19(27)17-28-23-13-9-12-22-24(23)20-10-7-8-11-21(20)26(22)15-14-18(3)4/h7-14,19,27H,5-6,15-17H2,1-4H3. The molecule has 3 rings (SSSR count). The Morgan fingerprint density at radius 2 is 1.79 bits per heavy atom. The highest BCUT2D eigenvalue weighted by molar-refractivity contribution is 6.11. The van der Waals surface area contributed by atoms with E-state index in [2.05, 4.69) is 73.6 Å². The Bertz CT molecular complexity index is 950. The highest BCUT2D eigenvalue weighted by Gasteiger charge is 2.15. The second kappa shape index (κ2) is 9.26. The van der Waals surface area contributed by atoms with Gasteiger partial charge in [0.15, 0.2) is 0 Å². The van der Waals surface area contributed by atoms with Crippen molar-refractivity contribution in [1.29, 1.82) is 0 Å². The van der Waals surface area contributed by atoms with Gasteiger partial charge in [0, 0.05) is 29.4 Å². The molecule has 0 spiro atoms. The SMILES string of the molecule is CCN(CC)CC(O)COc1cccc2c1c1ccccc1n2CC=C(C)C. The average Bonchev–Trinajstić information content (AvgIpc) is 3.03. The summed E-state index contributed by atoms with van der Waals surface area (Å²) in [5.41, 5.74) is 3.67. The number of allylic oxidation sites excluding steroid dienone is 2. The molecule has 0 radical (unpaired) electrons. The van der Waals surface area contributed by atoms with E-state index in [1.54, 1.807) is 0 Å². The van der Waals surface area contributed by atoms with Crippen molar-refractivity contribution >= 4 is 21.8 Å². The van der Waals surface area contributed by atoms with Crippen LogP contribution in [-0.2, 0) is 6.54 Å². The van der Waals surface area contributed by atoms with Gasteiger partial charge in [-0.1, -0.05) is 49.8 Å². The molecular formula is C24H32N2O2. The second-order valence-corrected chi connectivity index (χ2v) is 7.51. The topological polar surface area (TPSA) is 37.6 Å². The number of aliphatic hydroxyl groups excluding tert-OH is 1. The Morgan fingerprint density at radius 1 is 1.07 bits per heavy atom. The molecule has 4 nitrogen and oxygen atoms in total. The third-order valence-electron chi connectivity index (χ3n) is 5.24. The molecule has 0 aliphatic carbocycles. The van der Waals surface area contributed by atoms with Crippen LogP contribution in [0.4, 0.5) is 0 Å². The smallest absolute Gasteiger partial charge is 0.129 e. The average molecular weight is 381 g/mol. The molecule has 150 valence electrons. The van der Waals surface area contributed by atoms with E-state index in [0.717, 1.165) is 36.3 Å². The molecule has 1 aromatic heterocycles. The van der Waals surface area contributed by atoms with Gasteiger partial charge in [-0.2, -0.15) is 0 Å². The van der Waals surface area contributed by atoms with Crippen LogP contribution in [0.3, 0.4) is 0 Å². The van der Waals surface area contributed by atoms with E-state index >= 15 is 0 Å². The summed E-state index contributed by atoms with van der Waals surface area (Å²) in [5.74, 6) is 0.836. The van der Waals surface area contributed by atoms with Gasteiger partial charge in [0.2, 0.25) is 0 Å². The third-order valence-corrected chi connectivity index (χ3v) is 5.24. The summed E-state index contributed by atoms with van der Waals surface area (Å²) in [6.45, 7) is 12.1. The molecule has 1 unspecified atom stereocenters. The van der Waals surface area contributed by atoms with Crippen LogP contribution in [0.15, 0.2) is 54.1 Å². The molecule has 28 heavy (non-hydrogen) atoms.